The highest BCUT2D eigenvalue weighted by Gasteiger charge is 2.18. The smallest absolute Gasteiger partial charge is 0.279 e. The van der Waals surface area contributed by atoms with Gasteiger partial charge in [-0.05, 0) is 42.8 Å². The SMILES string of the molecule is CCCCCn1c(=NC(=O)c2ccc3c(c2)OCO3)c(C#N)cc2c(=O)n3ccccc3nc21. The topological polar surface area (TPSA) is 111 Å². The minimum atomic E-state index is -0.532. The quantitative estimate of drug-likeness (QED) is 0.338. The van der Waals surface area contributed by atoms with Gasteiger partial charge < -0.3 is 14.0 Å². The van der Waals surface area contributed by atoms with Gasteiger partial charge in [0.25, 0.3) is 11.5 Å². The van der Waals surface area contributed by atoms with E-state index in [1.54, 1.807) is 47.2 Å². The van der Waals surface area contributed by atoms with Gasteiger partial charge in [0.15, 0.2) is 17.0 Å². The van der Waals surface area contributed by atoms with Gasteiger partial charge in [-0.2, -0.15) is 10.3 Å². The van der Waals surface area contributed by atoms with E-state index in [0.29, 0.717) is 40.3 Å². The Kier molecular flexibility index (Phi) is 5.55. The number of rotatable bonds is 5. The van der Waals surface area contributed by atoms with Crippen LogP contribution in [-0.2, 0) is 6.54 Å². The molecule has 0 N–H and O–H groups in total. The fourth-order valence-electron chi connectivity index (χ4n) is 4.00. The maximum Gasteiger partial charge on any atom is 0.279 e. The van der Waals surface area contributed by atoms with E-state index in [-0.39, 0.29) is 23.4 Å². The fraction of sp³-hybridized carbons (Fsp3) is 0.240. The Hall–Kier alpha value is -4.45. The summed E-state index contributed by atoms with van der Waals surface area (Å²) >= 11 is 0. The van der Waals surface area contributed by atoms with E-state index in [4.69, 9.17) is 9.47 Å². The number of carbonyl (C=O) groups excluding carboxylic acids is 1. The number of ether oxygens (including phenoxy) is 2. The van der Waals surface area contributed by atoms with Gasteiger partial charge in [0.2, 0.25) is 6.79 Å². The standard InChI is InChI=1S/C25H21N5O4/c1-2-3-5-11-30-22(28-24(31)16-8-9-19-20(13-16)34-15-33-19)17(14-26)12-18-23(30)27-21-7-4-6-10-29(21)25(18)32/h4,6-10,12-13H,2-3,5,11,15H2,1H3. The predicted octanol–water partition coefficient (Wildman–Crippen LogP) is 3.18. The van der Waals surface area contributed by atoms with Crippen molar-refractivity contribution in [1.82, 2.24) is 14.0 Å². The number of pyridine rings is 2. The molecule has 1 aliphatic rings. The van der Waals surface area contributed by atoms with E-state index in [1.807, 2.05) is 0 Å². The number of amides is 1. The third-order valence-electron chi connectivity index (χ3n) is 5.72. The summed E-state index contributed by atoms with van der Waals surface area (Å²) < 4.78 is 13.8. The summed E-state index contributed by atoms with van der Waals surface area (Å²) in [5.74, 6) is 0.499. The van der Waals surface area contributed by atoms with Crippen molar-refractivity contribution in [3.8, 4) is 17.6 Å². The molecule has 1 aliphatic heterocycles. The van der Waals surface area contributed by atoms with E-state index in [0.717, 1.165) is 19.3 Å². The molecule has 34 heavy (non-hydrogen) atoms. The van der Waals surface area contributed by atoms with Gasteiger partial charge in [0.05, 0.1) is 10.9 Å². The van der Waals surface area contributed by atoms with Crippen LogP contribution in [0, 0.1) is 11.3 Å². The Morgan fingerprint density at radius 2 is 2.03 bits per heavy atom. The van der Waals surface area contributed by atoms with Crippen LogP contribution in [0.5, 0.6) is 11.5 Å². The molecule has 3 aromatic heterocycles. The number of nitrogens with zero attached hydrogens (tertiary/aromatic N) is 5. The zero-order chi connectivity index (χ0) is 23.7. The lowest BCUT2D eigenvalue weighted by Gasteiger charge is -2.13. The summed E-state index contributed by atoms with van der Waals surface area (Å²) in [7, 11) is 0. The first-order valence-electron chi connectivity index (χ1n) is 11.0. The molecule has 4 aromatic rings. The van der Waals surface area contributed by atoms with Crippen LogP contribution in [-0.4, -0.2) is 26.7 Å². The molecule has 9 heteroatoms. The average molecular weight is 455 g/mol. The second kappa shape index (κ2) is 8.83. The van der Waals surface area contributed by atoms with Crippen LogP contribution in [0.4, 0.5) is 0 Å². The lowest BCUT2D eigenvalue weighted by molar-refractivity contribution is 0.0996. The first-order valence-corrected chi connectivity index (χ1v) is 11.0. The lowest BCUT2D eigenvalue weighted by Crippen LogP contribution is -2.29. The van der Waals surface area contributed by atoms with Crippen LogP contribution in [0.3, 0.4) is 0 Å². The second-order valence-electron chi connectivity index (χ2n) is 7.92. The minimum absolute atomic E-state index is 0.0972. The summed E-state index contributed by atoms with van der Waals surface area (Å²) in [6, 6.07) is 13.7. The highest BCUT2D eigenvalue weighted by molar-refractivity contribution is 5.95. The van der Waals surface area contributed by atoms with E-state index in [1.165, 1.54) is 10.5 Å². The number of carbonyl (C=O) groups is 1. The molecule has 0 fully saturated rings. The molecule has 0 spiro atoms. The Bertz CT molecular complexity index is 1610. The summed E-state index contributed by atoms with van der Waals surface area (Å²) in [4.78, 5) is 35.3. The molecular weight excluding hydrogens is 434 g/mol. The van der Waals surface area contributed by atoms with Crippen molar-refractivity contribution >= 4 is 22.6 Å². The summed E-state index contributed by atoms with van der Waals surface area (Å²) in [6.07, 6.45) is 4.34. The summed E-state index contributed by atoms with van der Waals surface area (Å²) in [6.45, 7) is 2.64. The number of benzene rings is 1. The normalized spacial score (nSPS) is 12.9. The van der Waals surface area contributed by atoms with Crippen molar-refractivity contribution < 1.29 is 14.3 Å². The second-order valence-corrected chi connectivity index (χ2v) is 7.92. The van der Waals surface area contributed by atoms with Gasteiger partial charge >= 0.3 is 0 Å². The molecule has 5 rings (SSSR count). The van der Waals surface area contributed by atoms with Gasteiger partial charge in [-0.3, -0.25) is 14.0 Å². The number of unbranched alkanes of at least 4 members (excludes halogenated alkanes) is 2. The van der Waals surface area contributed by atoms with E-state index >= 15 is 0 Å². The molecule has 0 unspecified atom stereocenters. The van der Waals surface area contributed by atoms with Gasteiger partial charge in [-0.25, -0.2) is 4.98 Å². The van der Waals surface area contributed by atoms with Gasteiger partial charge in [-0.15, -0.1) is 0 Å². The van der Waals surface area contributed by atoms with Crippen LogP contribution in [0.25, 0.3) is 16.7 Å². The maximum atomic E-state index is 13.2. The van der Waals surface area contributed by atoms with Gasteiger partial charge in [0, 0.05) is 18.3 Å². The molecule has 0 radical (unpaired) electrons. The number of nitriles is 1. The molecule has 0 saturated heterocycles. The number of hydrogen-bond acceptors (Lipinski definition) is 6. The van der Waals surface area contributed by atoms with Crippen LogP contribution >= 0.6 is 0 Å². The van der Waals surface area contributed by atoms with Crippen LogP contribution < -0.4 is 20.5 Å². The molecule has 1 aromatic carbocycles. The third-order valence-corrected chi connectivity index (χ3v) is 5.72. The molecule has 0 atom stereocenters. The zero-order valence-electron chi connectivity index (χ0n) is 18.5. The number of aromatic nitrogens is 3. The Labute approximate surface area is 194 Å². The molecule has 4 heterocycles. The highest BCUT2D eigenvalue weighted by Crippen LogP contribution is 2.32. The molecule has 0 saturated carbocycles. The summed E-state index contributed by atoms with van der Waals surface area (Å²) in [5, 5.41) is 10.2. The Morgan fingerprint density at radius 1 is 1.18 bits per heavy atom. The van der Waals surface area contributed by atoms with Crippen LogP contribution in [0.2, 0.25) is 0 Å². The lowest BCUT2D eigenvalue weighted by atomic mass is 10.2. The van der Waals surface area contributed by atoms with E-state index < -0.39 is 5.91 Å². The molecule has 0 bridgehead atoms. The van der Waals surface area contributed by atoms with Crippen molar-refractivity contribution in [2.45, 2.75) is 32.7 Å². The minimum Gasteiger partial charge on any atom is -0.454 e. The van der Waals surface area contributed by atoms with Crippen molar-refractivity contribution in [3.63, 3.8) is 0 Å². The monoisotopic (exact) mass is 455 g/mol. The van der Waals surface area contributed by atoms with Crippen LogP contribution in [0.15, 0.2) is 58.4 Å². The molecular formula is C25H21N5O4. The van der Waals surface area contributed by atoms with Gasteiger partial charge in [0.1, 0.15) is 17.4 Å². The Morgan fingerprint density at radius 3 is 2.85 bits per heavy atom. The largest absolute Gasteiger partial charge is 0.454 e. The molecule has 0 aliphatic carbocycles. The maximum absolute atomic E-state index is 13.2. The third kappa shape index (κ3) is 3.69. The highest BCUT2D eigenvalue weighted by atomic mass is 16.7. The zero-order valence-corrected chi connectivity index (χ0v) is 18.5. The predicted molar refractivity (Wildman–Crippen MR) is 124 cm³/mol. The number of fused-ring (bicyclic) bond motifs is 3. The Balaban J connectivity index is 1.76. The number of aryl methyl sites for hydroxylation is 1. The van der Waals surface area contributed by atoms with Crippen molar-refractivity contribution in [1.29, 1.82) is 5.26 Å². The number of hydrogen-bond donors (Lipinski definition) is 0. The average Bonchev–Trinajstić information content (AvgIpc) is 3.33. The van der Waals surface area contributed by atoms with Crippen molar-refractivity contribution in [3.05, 3.63) is 75.6 Å². The van der Waals surface area contributed by atoms with Crippen molar-refractivity contribution in [2.24, 2.45) is 4.99 Å². The van der Waals surface area contributed by atoms with Crippen molar-refractivity contribution in [2.75, 3.05) is 6.79 Å². The molecule has 9 nitrogen and oxygen atoms in total. The first kappa shape index (κ1) is 21.4. The molecule has 1 amide bonds. The van der Waals surface area contributed by atoms with E-state index in [9.17, 15) is 14.9 Å². The van der Waals surface area contributed by atoms with E-state index in [2.05, 4.69) is 23.0 Å². The van der Waals surface area contributed by atoms with Gasteiger partial charge in [-0.1, -0.05) is 25.8 Å². The fourth-order valence-corrected chi connectivity index (χ4v) is 4.00. The summed E-state index contributed by atoms with van der Waals surface area (Å²) in [5.41, 5.74) is 1.20. The van der Waals surface area contributed by atoms with Crippen LogP contribution in [0.1, 0.15) is 42.1 Å². The first-order chi connectivity index (χ1) is 16.6. The molecule has 170 valence electrons.